The third-order valence-electron chi connectivity index (χ3n) is 4.78. The number of carbonyl (C=O) groups is 1. The first kappa shape index (κ1) is 19.5. The maximum absolute atomic E-state index is 12.8. The lowest BCUT2D eigenvalue weighted by atomic mass is 10.1. The van der Waals surface area contributed by atoms with Crippen LogP contribution in [-0.2, 0) is 31.7 Å². The summed E-state index contributed by atoms with van der Waals surface area (Å²) in [5, 5.41) is 3.17. The Labute approximate surface area is 162 Å². The monoisotopic (exact) mass is 380 g/mol. The van der Waals surface area contributed by atoms with Gasteiger partial charge in [0, 0.05) is 20.3 Å². The van der Waals surface area contributed by atoms with Crippen molar-refractivity contribution in [2.24, 2.45) is 14.1 Å². The zero-order valence-corrected chi connectivity index (χ0v) is 16.6. The van der Waals surface area contributed by atoms with Crippen LogP contribution in [0, 0.1) is 6.92 Å². The third kappa shape index (κ3) is 3.60. The van der Waals surface area contributed by atoms with Crippen LogP contribution in [0.1, 0.15) is 30.0 Å². The molecule has 146 valence electrons. The number of carbonyl (C=O) groups excluding carboxylic acids is 1. The molecule has 3 aromatic rings. The lowest BCUT2D eigenvalue weighted by Gasteiger charge is -2.15. The minimum Gasteiger partial charge on any atom is -0.325 e. The van der Waals surface area contributed by atoms with Crippen LogP contribution in [0.25, 0.3) is 11.0 Å². The number of nitrogens with zero attached hydrogens (tertiary/aromatic N) is 3. The number of fused-ring (bicyclic) bond motifs is 1. The second-order valence-corrected chi connectivity index (χ2v) is 7.03. The molecule has 0 aliphatic heterocycles. The molecule has 1 aromatic carbocycles. The highest BCUT2D eigenvalue weighted by molar-refractivity contribution is 6.01. The van der Waals surface area contributed by atoms with Gasteiger partial charge in [-0.2, -0.15) is 0 Å². The van der Waals surface area contributed by atoms with E-state index in [9.17, 15) is 14.4 Å². The van der Waals surface area contributed by atoms with Crippen LogP contribution in [0.2, 0.25) is 0 Å². The number of hydrogen-bond donors (Lipinski definition) is 1. The van der Waals surface area contributed by atoms with Crippen LogP contribution in [0.15, 0.2) is 40.1 Å². The highest BCUT2D eigenvalue weighted by Crippen LogP contribution is 2.24. The number of pyridine rings is 1. The molecular formula is C21H24N4O3. The first-order valence-electron chi connectivity index (χ1n) is 9.26. The van der Waals surface area contributed by atoms with E-state index >= 15 is 0 Å². The van der Waals surface area contributed by atoms with E-state index in [1.54, 1.807) is 13.2 Å². The van der Waals surface area contributed by atoms with Gasteiger partial charge in [-0.05, 0) is 24.5 Å². The Balaban J connectivity index is 2.12. The molecule has 0 saturated carbocycles. The van der Waals surface area contributed by atoms with Crippen molar-refractivity contribution in [3.05, 3.63) is 68.0 Å². The molecule has 0 bridgehead atoms. The van der Waals surface area contributed by atoms with Gasteiger partial charge in [-0.1, -0.05) is 43.2 Å². The van der Waals surface area contributed by atoms with Gasteiger partial charge in [-0.25, -0.2) is 9.78 Å². The van der Waals surface area contributed by atoms with Crippen LogP contribution in [0.5, 0.6) is 0 Å². The van der Waals surface area contributed by atoms with Crippen molar-refractivity contribution in [1.82, 2.24) is 14.1 Å². The largest absolute Gasteiger partial charge is 0.332 e. The van der Waals surface area contributed by atoms with Crippen LogP contribution in [-0.4, -0.2) is 20.0 Å². The van der Waals surface area contributed by atoms with Crippen LogP contribution in [0.4, 0.5) is 5.69 Å². The molecule has 0 fully saturated rings. The summed E-state index contributed by atoms with van der Waals surface area (Å²) < 4.78 is 2.36. The average molecular weight is 380 g/mol. The molecule has 2 heterocycles. The van der Waals surface area contributed by atoms with Crippen molar-refractivity contribution in [2.45, 2.75) is 33.1 Å². The smallest absolute Gasteiger partial charge is 0.325 e. The number of amides is 1. The van der Waals surface area contributed by atoms with Gasteiger partial charge >= 0.3 is 5.69 Å². The maximum atomic E-state index is 12.8. The highest BCUT2D eigenvalue weighted by atomic mass is 16.2. The Morgan fingerprint density at radius 3 is 2.61 bits per heavy atom. The average Bonchev–Trinajstić information content (AvgIpc) is 2.66. The summed E-state index contributed by atoms with van der Waals surface area (Å²) in [6.07, 6.45) is 3.32. The van der Waals surface area contributed by atoms with Crippen LogP contribution < -0.4 is 16.6 Å². The minimum absolute atomic E-state index is 0.198. The molecule has 1 amide bonds. The van der Waals surface area contributed by atoms with E-state index in [0.717, 1.165) is 27.7 Å². The number of aryl methyl sites for hydroxylation is 3. The standard InChI is InChI=1S/C21H24N4O3/c1-5-7-15-12-22-19-17(20(27)25(4)21(28)24(19)3)18(15)23-16(26)11-14-9-6-8-13(2)10-14/h6,8-10,12H,5,7,11H2,1-4H3,(H,22,23,26). The van der Waals surface area contributed by atoms with Crippen LogP contribution >= 0.6 is 0 Å². The first-order chi connectivity index (χ1) is 13.3. The Morgan fingerprint density at radius 1 is 1.18 bits per heavy atom. The Bertz CT molecular complexity index is 1170. The Hall–Kier alpha value is -3.22. The zero-order valence-electron chi connectivity index (χ0n) is 16.6. The van der Waals surface area contributed by atoms with E-state index in [4.69, 9.17) is 0 Å². The lowest BCUT2D eigenvalue weighted by molar-refractivity contribution is -0.115. The number of hydrogen-bond acceptors (Lipinski definition) is 4. The molecule has 0 atom stereocenters. The summed E-state index contributed by atoms with van der Waals surface area (Å²) in [5.41, 5.74) is 2.55. The number of nitrogens with one attached hydrogen (secondary N) is 1. The number of benzene rings is 1. The van der Waals surface area contributed by atoms with Gasteiger partial charge in [0.25, 0.3) is 5.56 Å². The van der Waals surface area contributed by atoms with Crippen molar-refractivity contribution in [3.8, 4) is 0 Å². The second kappa shape index (κ2) is 7.80. The summed E-state index contributed by atoms with van der Waals surface area (Å²) in [7, 11) is 2.99. The number of rotatable bonds is 5. The molecule has 0 aliphatic carbocycles. The normalized spacial score (nSPS) is 11.0. The second-order valence-electron chi connectivity index (χ2n) is 7.03. The van der Waals surface area contributed by atoms with Crippen molar-refractivity contribution in [1.29, 1.82) is 0 Å². The molecule has 3 rings (SSSR count). The molecule has 0 aliphatic rings. The lowest BCUT2D eigenvalue weighted by Crippen LogP contribution is -2.38. The van der Waals surface area contributed by atoms with E-state index < -0.39 is 11.2 Å². The number of aromatic nitrogens is 3. The summed E-state index contributed by atoms with van der Waals surface area (Å²) in [6.45, 7) is 3.99. The van der Waals surface area contributed by atoms with Gasteiger partial charge < -0.3 is 5.32 Å². The SMILES string of the molecule is CCCc1cnc2c(c1NC(=O)Cc1cccc(C)c1)c(=O)n(C)c(=O)n2C. The molecule has 0 unspecified atom stereocenters. The summed E-state index contributed by atoms with van der Waals surface area (Å²) in [5.74, 6) is -0.216. The van der Waals surface area contributed by atoms with E-state index in [-0.39, 0.29) is 23.4 Å². The third-order valence-corrected chi connectivity index (χ3v) is 4.78. The van der Waals surface area contributed by atoms with Crippen molar-refractivity contribution >= 4 is 22.6 Å². The minimum atomic E-state index is -0.464. The maximum Gasteiger partial charge on any atom is 0.332 e. The van der Waals surface area contributed by atoms with Gasteiger partial charge in [-0.15, -0.1) is 0 Å². The van der Waals surface area contributed by atoms with E-state index in [1.165, 1.54) is 11.6 Å². The molecule has 2 aromatic heterocycles. The number of anilines is 1. The van der Waals surface area contributed by atoms with Crippen molar-refractivity contribution in [3.63, 3.8) is 0 Å². The fourth-order valence-electron chi connectivity index (χ4n) is 3.36. The van der Waals surface area contributed by atoms with Gasteiger partial charge in [0.15, 0.2) is 5.65 Å². The van der Waals surface area contributed by atoms with E-state index in [2.05, 4.69) is 10.3 Å². The topological polar surface area (TPSA) is 86.0 Å². The van der Waals surface area contributed by atoms with E-state index in [1.807, 2.05) is 38.1 Å². The van der Waals surface area contributed by atoms with Crippen molar-refractivity contribution in [2.75, 3.05) is 5.32 Å². The molecular weight excluding hydrogens is 356 g/mol. The van der Waals surface area contributed by atoms with Gasteiger partial charge in [-0.3, -0.25) is 18.7 Å². The molecule has 0 radical (unpaired) electrons. The molecule has 0 spiro atoms. The summed E-state index contributed by atoms with van der Waals surface area (Å²) >= 11 is 0. The van der Waals surface area contributed by atoms with Gasteiger partial charge in [0.1, 0.15) is 5.39 Å². The first-order valence-corrected chi connectivity index (χ1v) is 9.26. The molecule has 0 saturated heterocycles. The molecule has 7 heteroatoms. The molecule has 28 heavy (non-hydrogen) atoms. The highest BCUT2D eigenvalue weighted by Gasteiger charge is 2.18. The summed E-state index contributed by atoms with van der Waals surface area (Å²) in [6, 6.07) is 7.74. The fraction of sp³-hybridized carbons (Fsp3) is 0.333. The Kier molecular flexibility index (Phi) is 5.44. The van der Waals surface area contributed by atoms with Crippen LogP contribution in [0.3, 0.4) is 0 Å². The van der Waals surface area contributed by atoms with Gasteiger partial charge in [0.2, 0.25) is 5.91 Å². The summed E-state index contributed by atoms with van der Waals surface area (Å²) in [4.78, 5) is 42.1. The quantitative estimate of drug-likeness (QED) is 0.734. The molecule has 7 nitrogen and oxygen atoms in total. The predicted octanol–water partition coefficient (Wildman–Crippen LogP) is 2.07. The zero-order chi connectivity index (χ0) is 20.4. The predicted molar refractivity (Wildman–Crippen MR) is 110 cm³/mol. The van der Waals surface area contributed by atoms with E-state index in [0.29, 0.717) is 12.1 Å². The Morgan fingerprint density at radius 2 is 1.93 bits per heavy atom. The van der Waals surface area contributed by atoms with Gasteiger partial charge in [0.05, 0.1) is 12.1 Å². The molecule has 1 N–H and O–H groups in total. The van der Waals surface area contributed by atoms with Crippen molar-refractivity contribution < 1.29 is 4.79 Å². The fourth-order valence-corrected chi connectivity index (χ4v) is 3.36.